The Balaban J connectivity index is 1.54. The maximum absolute atomic E-state index is 11.3. The van der Waals surface area contributed by atoms with E-state index in [0.717, 1.165) is 28.3 Å². The number of hydroxylamine groups is 1. The molecule has 5 nitrogen and oxygen atoms in total. The van der Waals surface area contributed by atoms with Crippen molar-refractivity contribution in [1.82, 2.24) is 5.48 Å². The zero-order chi connectivity index (χ0) is 19.8. The van der Waals surface area contributed by atoms with Crippen LogP contribution in [0, 0.1) is 0 Å². The summed E-state index contributed by atoms with van der Waals surface area (Å²) in [5, 5.41) is 12.0. The minimum atomic E-state index is -0.520. The van der Waals surface area contributed by atoms with Gasteiger partial charge in [-0.15, -0.1) is 0 Å². The zero-order valence-electron chi connectivity index (χ0n) is 15.6. The minimum absolute atomic E-state index is 0.410. The van der Waals surface area contributed by atoms with E-state index < -0.39 is 5.91 Å². The summed E-state index contributed by atoms with van der Waals surface area (Å²) in [6.45, 7) is 2.73. The summed E-state index contributed by atoms with van der Waals surface area (Å²) in [4.78, 5) is 11.3. The van der Waals surface area contributed by atoms with Crippen LogP contribution in [0.2, 0.25) is 0 Å². The lowest BCUT2D eigenvalue weighted by atomic mass is 10.1. The predicted octanol–water partition coefficient (Wildman–Crippen LogP) is 5.11. The molecule has 0 fully saturated rings. The number of anilines is 1. The number of benzene rings is 3. The van der Waals surface area contributed by atoms with Crippen LogP contribution in [0.25, 0.3) is 6.08 Å². The molecule has 0 aliphatic rings. The van der Waals surface area contributed by atoms with Gasteiger partial charge in [-0.05, 0) is 61.0 Å². The van der Waals surface area contributed by atoms with E-state index in [1.807, 2.05) is 79.7 Å². The van der Waals surface area contributed by atoms with Crippen LogP contribution in [0.5, 0.6) is 11.5 Å². The molecule has 28 heavy (non-hydrogen) atoms. The molecule has 0 spiro atoms. The lowest BCUT2D eigenvalue weighted by Gasteiger charge is -2.09. The Kier molecular flexibility index (Phi) is 6.44. The summed E-state index contributed by atoms with van der Waals surface area (Å²) in [6, 6.07) is 24.5. The minimum Gasteiger partial charge on any atom is -0.457 e. The Hall–Kier alpha value is -3.57. The van der Waals surface area contributed by atoms with E-state index in [4.69, 9.17) is 9.94 Å². The van der Waals surface area contributed by atoms with Gasteiger partial charge in [0, 0.05) is 17.8 Å². The number of para-hydroxylation sites is 1. The topological polar surface area (TPSA) is 70.6 Å². The predicted molar refractivity (Wildman–Crippen MR) is 111 cm³/mol. The van der Waals surface area contributed by atoms with Crippen molar-refractivity contribution in [2.24, 2.45) is 0 Å². The first kappa shape index (κ1) is 19.2. The standard InChI is InChI=1S/C23H22N2O3/c1-17(15-18-7-9-19(10-8-18)23(26)25-27)16-24-20-11-13-22(14-12-20)28-21-5-3-2-4-6-21/h2-15,24,27H,16H2,1H3,(H,25,26)/b17-15+. The van der Waals surface area contributed by atoms with Crippen LogP contribution >= 0.6 is 0 Å². The molecule has 0 radical (unpaired) electrons. The first-order valence-electron chi connectivity index (χ1n) is 8.92. The number of carbonyl (C=O) groups is 1. The molecule has 142 valence electrons. The fraction of sp³-hybridized carbons (Fsp3) is 0.0870. The molecule has 3 rings (SSSR count). The third-order valence-electron chi connectivity index (χ3n) is 4.09. The van der Waals surface area contributed by atoms with E-state index in [1.165, 1.54) is 0 Å². The largest absolute Gasteiger partial charge is 0.457 e. The van der Waals surface area contributed by atoms with Crippen LogP contribution in [0.4, 0.5) is 5.69 Å². The van der Waals surface area contributed by atoms with Gasteiger partial charge >= 0.3 is 0 Å². The number of rotatable bonds is 7. The molecule has 3 aromatic rings. The first-order valence-corrected chi connectivity index (χ1v) is 8.92. The second-order valence-corrected chi connectivity index (χ2v) is 6.35. The van der Waals surface area contributed by atoms with Gasteiger partial charge in [0.15, 0.2) is 0 Å². The zero-order valence-corrected chi connectivity index (χ0v) is 15.6. The van der Waals surface area contributed by atoms with E-state index in [9.17, 15) is 4.79 Å². The average Bonchev–Trinajstić information content (AvgIpc) is 2.74. The molecule has 1 amide bonds. The second-order valence-electron chi connectivity index (χ2n) is 6.35. The Morgan fingerprint density at radius 1 is 0.929 bits per heavy atom. The molecule has 0 atom stereocenters. The first-order chi connectivity index (χ1) is 13.6. The highest BCUT2D eigenvalue weighted by atomic mass is 16.5. The highest BCUT2D eigenvalue weighted by Crippen LogP contribution is 2.22. The van der Waals surface area contributed by atoms with Gasteiger partial charge in [-0.2, -0.15) is 0 Å². The summed E-state index contributed by atoms with van der Waals surface area (Å²) < 4.78 is 5.79. The van der Waals surface area contributed by atoms with Gasteiger partial charge in [0.1, 0.15) is 11.5 Å². The summed E-state index contributed by atoms with van der Waals surface area (Å²) >= 11 is 0. The van der Waals surface area contributed by atoms with Crippen molar-refractivity contribution in [1.29, 1.82) is 0 Å². The Morgan fingerprint density at radius 2 is 1.57 bits per heavy atom. The quantitative estimate of drug-likeness (QED) is 0.397. The van der Waals surface area contributed by atoms with E-state index in [-0.39, 0.29) is 0 Å². The molecule has 0 bridgehead atoms. The molecular weight excluding hydrogens is 352 g/mol. The molecule has 0 saturated carbocycles. The molecular formula is C23H22N2O3. The lowest BCUT2D eigenvalue weighted by molar-refractivity contribution is 0.0706. The normalized spacial score (nSPS) is 11.0. The van der Waals surface area contributed by atoms with Crippen LogP contribution in [-0.4, -0.2) is 17.7 Å². The van der Waals surface area contributed by atoms with Crippen LogP contribution in [0.15, 0.2) is 84.4 Å². The summed E-state index contributed by atoms with van der Waals surface area (Å²) in [5.41, 5.74) is 5.17. The van der Waals surface area contributed by atoms with Gasteiger partial charge in [0.05, 0.1) is 0 Å². The molecule has 0 aliphatic heterocycles. The molecule has 0 aliphatic carbocycles. The summed E-state index contributed by atoms with van der Waals surface area (Å²) in [6.07, 6.45) is 2.04. The molecule has 5 heteroatoms. The monoisotopic (exact) mass is 374 g/mol. The number of hydrogen-bond donors (Lipinski definition) is 3. The smallest absolute Gasteiger partial charge is 0.274 e. The third kappa shape index (κ3) is 5.46. The molecule has 0 saturated heterocycles. The van der Waals surface area contributed by atoms with E-state index in [0.29, 0.717) is 12.1 Å². The molecule has 0 aromatic heterocycles. The molecule has 3 aromatic carbocycles. The van der Waals surface area contributed by atoms with Crippen molar-refractivity contribution in [3.8, 4) is 11.5 Å². The highest BCUT2D eigenvalue weighted by molar-refractivity contribution is 5.93. The number of amides is 1. The molecule has 0 heterocycles. The van der Waals surface area contributed by atoms with E-state index in [2.05, 4.69) is 5.32 Å². The van der Waals surface area contributed by atoms with Crippen LogP contribution in [0.3, 0.4) is 0 Å². The van der Waals surface area contributed by atoms with Crippen molar-refractivity contribution in [2.75, 3.05) is 11.9 Å². The number of nitrogens with one attached hydrogen (secondary N) is 2. The van der Waals surface area contributed by atoms with Crippen molar-refractivity contribution in [3.63, 3.8) is 0 Å². The summed E-state index contributed by atoms with van der Waals surface area (Å²) in [7, 11) is 0. The number of carbonyl (C=O) groups excluding carboxylic acids is 1. The maximum atomic E-state index is 11.3. The second kappa shape index (κ2) is 9.39. The van der Waals surface area contributed by atoms with Gasteiger partial charge in [0.25, 0.3) is 5.91 Å². The molecule has 3 N–H and O–H groups in total. The fourth-order valence-electron chi connectivity index (χ4n) is 2.64. The number of ether oxygens (including phenoxy) is 1. The highest BCUT2D eigenvalue weighted by Gasteiger charge is 2.03. The van der Waals surface area contributed by atoms with Crippen LogP contribution in [-0.2, 0) is 0 Å². The van der Waals surface area contributed by atoms with Gasteiger partial charge < -0.3 is 10.1 Å². The average molecular weight is 374 g/mol. The van der Waals surface area contributed by atoms with Crippen molar-refractivity contribution >= 4 is 17.7 Å². The number of hydrogen-bond acceptors (Lipinski definition) is 4. The van der Waals surface area contributed by atoms with Gasteiger partial charge in [0.2, 0.25) is 0 Å². The van der Waals surface area contributed by atoms with Crippen molar-refractivity contribution in [2.45, 2.75) is 6.92 Å². The van der Waals surface area contributed by atoms with Gasteiger partial charge in [-0.3, -0.25) is 10.0 Å². The molecule has 0 unspecified atom stereocenters. The third-order valence-corrected chi connectivity index (χ3v) is 4.09. The summed E-state index contributed by atoms with van der Waals surface area (Å²) in [5.74, 6) is 1.08. The van der Waals surface area contributed by atoms with E-state index >= 15 is 0 Å². The Bertz CT molecular complexity index is 934. The SMILES string of the molecule is C/C(=C\c1ccc(C(=O)NO)cc1)CNc1ccc(Oc2ccccc2)cc1. The maximum Gasteiger partial charge on any atom is 0.274 e. The lowest BCUT2D eigenvalue weighted by Crippen LogP contribution is -2.18. The van der Waals surface area contributed by atoms with Crippen LogP contribution in [0.1, 0.15) is 22.8 Å². The van der Waals surface area contributed by atoms with Gasteiger partial charge in [-0.1, -0.05) is 42.0 Å². The Morgan fingerprint density at radius 3 is 2.21 bits per heavy atom. The Labute approximate surface area is 164 Å². The van der Waals surface area contributed by atoms with Crippen LogP contribution < -0.4 is 15.5 Å². The van der Waals surface area contributed by atoms with Gasteiger partial charge in [-0.25, -0.2) is 5.48 Å². The van der Waals surface area contributed by atoms with Crippen molar-refractivity contribution < 1.29 is 14.7 Å². The van der Waals surface area contributed by atoms with E-state index in [1.54, 1.807) is 17.6 Å². The van der Waals surface area contributed by atoms with Crippen molar-refractivity contribution in [3.05, 3.63) is 95.6 Å². The fourth-order valence-corrected chi connectivity index (χ4v) is 2.64.